The number of phenolic OH excluding ortho intramolecular Hbond substituents is 1. The molecule has 5 atom stereocenters. The number of aromatic hydroxyl groups is 1. The highest BCUT2D eigenvalue weighted by Crippen LogP contribution is 2.52. The number of hydrogen-bond acceptors (Lipinski definition) is 10. The Balaban J connectivity index is 1.60. The highest BCUT2D eigenvalue weighted by molar-refractivity contribution is 6.24. The minimum absolute atomic E-state index is 0.00348. The van der Waals surface area contributed by atoms with Gasteiger partial charge in [0.1, 0.15) is 28.7 Å². The summed E-state index contributed by atoms with van der Waals surface area (Å²) in [6, 6.07) is 0.136. The summed E-state index contributed by atoms with van der Waals surface area (Å²) >= 11 is 0. The maximum atomic E-state index is 16.0. The third-order valence-electron chi connectivity index (χ3n) is 9.07. The number of carbonyl (C=O) groups excluding carboxylic acids is 3. The van der Waals surface area contributed by atoms with Gasteiger partial charge in [-0.05, 0) is 64.7 Å². The van der Waals surface area contributed by atoms with Crippen LogP contribution < -0.4 is 5.73 Å². The molecule has 3 aliphatic carbocycles. The lowest BCUT2D eigenvalue weighted by molar-refractivity contribution is -0.148. The van der Waals surface area contributed by atoms with Crippen LogP contribution in [0.2, 0.25) is 0 Å². The molecule has 0 saturated carbocycles. The summed E-state index contributed by atoms with van der Waals surface area (Å²) < 4.78 is 16.0. The van der Waals surface area contributed by atoms with Crippen LogP contribution in [0, 0.1) is 17.7 Å². The number of carbonyl (C=O) groups is 3. The number of likely N-dealkylation sites (tertiary alicyclic amines) is 1. The molecule has 4 aliphatic rings. The Morgan fingerprint density at radius 1 is 1.25 bits per heavy atom. The van der Waals surface area contributed by atoms with Gasteiger partial charge in [-0.15, -0.1) is 0 Å². The van der Waals surface area contributed by atoms with Crippen molar-refractivity contribution in [2.24, 2.45) is 17.6 Å². The van der Waals surface area contributed by atoms with Gasteiger partial charge in [0.25, 0.3) is 5.91 Å². The lowest BCUT2D eigenvalue weighted by Gasteiger charge is -2.50. The van der Waals surface area contributed by atoms with Gasteiger partial charge < -0.3 is 31.3 Å². The molecule has 0 spiro atoms. The minimum Gasteiger partial charge on any atom is -0.510 e. The number of likely N-dealkylation sites (N-methyl/N-ethyl adjacent to an activating group) is 1. The second-order valence-electron chi connectivity index (χ2n) is 11.5. The molecule has 11 nitrogen and oxygen atoms in total. The van der Waals surface area contributed by atoms with E-state index in [2.05, 4.69) is 0 Å². The Bertz CT molecular complexity index is 1370. The molecule has 1 amide bonds. The van der Waals surface area contributed by atoms with E-state index in [4.69, 9.17) is 5.73 Å². The standard InChI is InChI=1S/C28H34FN3O8/c1-31(2)22-16-9-12-8-15-19(17(34)10-13(21(15)29)11-32-6-3-4-14(32)5-7-33)23(35)18(12)25(37)28(16,40)26(38)20(24(22)36)27(30)39/h10,12,14,16,22,33-34,36-37,40H,3-9,11H2,1-2H3,(H2,30,39)/t12-,14+,16-,22-,28-/m0/s1. The van der Waals surface area contributed by atoms with E-state index in [0.717, 1.165) is 12.8 Å². The number of aliphatic hydroxyl groups excluding tert-OH is 3. The average Bonchev–Trinajstić information content (AvgIpc) is 3.30. The number of nitrogens with two attached hydrogens (primary N) is 1. The molecule has 216 valence electrons. The molecule has 1 fully saturated rings. The van der Waals surface area contributed by atoms with Crippen LogP contribution in [0.4, 0.5) is 4.39 Å². The van der Waals surface area contributed by atoms with Gasteiger partial charge in [-0.3, -0.25) is 24.2 Å². The number of hydrogen-bond donors (Lipinski definition) is 6. The smallest absolute Gasteiger partial charge is 0.255 e. The largest absolute Gasteiger partial charge is 0.510 e. The van der Waals surface area contributed by atoms with Crippen LogP contribution >= 0.6 is 0 Å². The monoisotopic (exact) mass is 559 g/mol. The van der Waals surface area contributed by atoms with Crippen molar-refractivity contribution in [1.82, 2.24) is 9.80 Å². The highest BCUT2D eigenvalue weighted by atomic mass is 19.1. The lowest BCUT2D eigenvalue weighted by Crippen LogP contribution is -2.63. The van der Waals surface area contributed by atoms with Gasteiger partial charge >= 0.3 is 0 Å². The number of phenols is 1. The number of amides is 1. The van der Waals surface area contributed by atoms with E-state index in [0.29, 0.717) is 13.0 Å². The third-order valence-corrected chi connectivity index (χ3v) is 9.07. The van der Waals surface area contributed by atoms with Crippen molar-refractivity contribution in [3.8, 4) is 5.75 Å². The second-order valence-corrected chi connectivity index (χ2v) is 11.5. The van der Waals surface area contributed by atoms with Gasteiger partial charge in [0.05, 0.1) is 11.6 Å². The molecular weight excluding hydrogens is 525 g/mol. The molecular formula is C28H34FN3O8. The van der Waals surface area contributed by atoms with Crippen molar-refractivity contribution < 1.29 is 44.3 Å². The molecule has 12 heteroatoms. The number of nitrogens with zero attached hydrogens (tertiary/aromatic N) is 2. The van der Waals surface area contributed by atoms with E-state index in [1.54, 1.807) is 14.1 Å². The molecule has 40 heavy (non-hydrogen) atoms. The van der Waals surface area contributed by atoms with Crippen LogP contribution in [-0.2, 0) is 22.6 Å². The van der Waals surface area contributed by atoms with Gasteiger partial charge in [-0.1, -0.05) is 0 Å². The van der Waals surface area contributed by atoms with Crippen molar-refractivity contribution >= 4 is 17.5 Å². The average molecular weight is 560 g/mol. The van der Waals surface area contributed by atoms with Crippen LogP contribution in [-0.4, -0.2) is 97.7 Å². The molecule has 1 aliphatic heterocycles. The summed E-state index contributed by atoms with van der Waals surface area (Å²) in [5.74, 6) is -8.36. The number of ketones is 2. The van der Waals surface area contributed by atoms with E-state index in [-0.39, 0.29) is 54.3 Å². The van der Waals surface area contributed by atoms with Crippen molar-refractivity contribution in [1.29, 1.82) is 0 Å². The number of primary amides is 1. The highest BCUT2D eigenvalue weighted by Gasteiger charge is 2.63. The summed E-state index contributed by atoms with van der Waals surface area (Å²) in [6.07, 6.45) is 2.08. The SMILES string of the molecule is CN(C)[C@@H]1C(O)=C(C(N)=O)C(=O)[C@@]2(O)C(O)=C3C(=O)c4c(O)cc(CN5CCC[C@@H]5CCO)c(F)c4C[C@H]3C[C@@H]12. The first-order valence-electron chi connectivity index (χ1n) is 13.4. The van der Waals surface area contributed by atoms with Gasteiger partial charge in [-0.2, -0.15) is 0 Å². The molecule has 7 N–H and O–H groups in total. The van der Waals surface area contributed by atoms with Crippen molar-refractivity contribution in [3.63, 3.8) is 0 Å². The van der Waals surface area contributed by atoms with Gasteiger partial charge in [0.15, 0.2) is 11.4 Å². The molecule has 0 bridgehead atoms. The van der Waals surface area contributed by atoms with Gasteiger partial charge in [-0.25, -0.2) is 4.39 Å². The van der Waals surface area contributed by atoms with E-state index in [1.165, 1.54) is 11.0 Å². The Hall–Kier alpha value is -3.32. The Kier molecular flexibility index (Phi) is 7.02. The summed E-state index contributed by atoms with van der Waals surface area (Å²) in [7, 11) is 3.08. The molecule has 0 radical (unpaired) electrons. The van der Waals surface area contributed by atoms with Crippen LogP contribution in [0.1, 0.15) is 47.2 Å². The Morgan fingerprint density at radius 2 is 1.95 bits per heavy atom. The molecule has 5 rings (SSSR count). The molecule has 0 unspecified atom stereocenters. The zero-order valence-electron chi connectivity index (χ0n) is 22.4. The summed E-state index contributed by atoms with van der Waals surface area (Å²) in [5.41, 5.74) is 1.21. The second kappa shape index (κ2) is 9.95. The first-order valence-corrected chi connectivity index (χ1v) is 13.4. The number of fused-ring (bicyclic) bond motifs is 3. The predicted molar refractivity (Wildman–Crippen MR) is 139 cm³/mol. The Morgan fingerprint density at radius 3 is 2.58 bits per heavy atom. The number of halogens is 1. The molecule has 1 aromatic rings. The molecule has 1 heterocycles. The van der Waals surface area contributed by atoms with Crippen LogP contribution in [0.25, 0.3) is 0 Å². The summed E-state index contributed by atoms with van der Waals surface area (Å²) in [5, 5.41) is 54.0. The van der Waals surface area contributed by atoms with Gasteiger partial charge in [0.2, 0.25) is 5.78 Å². The molecule has 1 aromatic carbocycles. The lowest BCUT2D eigenvalue weighted by atomic mass is 9.58. The van der Waals surface area contributed by atoms with Crippen LogP contribution in [0.5, 0.6) is 5.75 Å². The predicted octanol–water partition coefficient (Wildman–Crippen LogP) is 0.607. The third kappa shape index (κ3) is 3.96. The summed E-state index contributed by atoms with van der Waals surface area (Å²) in [4.78, 5) is 42.6. The first kappa shape index (κ1) is 28.2. The quantitative estimate of drug-likeness (QED) is 0.270. The zero-order chi connectivity index (χ0) is 29.3. The van der Waals surface area contributed by atoms with Crippen LogP contribution in [0.3, 0.4) is 0 Å². The van der Waals surface area contributed by atoms with Crippen LogP contribution in [0.15, 0.2) is 28.7 Å². The fraction of sp³-hybridized carbons (Fsp3) is 0.536. The van der Waals surface area contributed by atoms with E-state index >= 15 is 4.39 Å². The number of allylic oxidation sites excluding steroid dienone is 1. The molecule has 1 saturated heterocycles. The van der Waals surface area contributed by atoms with Crippen molar-refractivity contribution in [3.05, 3.63) is 51.2 Å². The number of aliphatic hydroxyl groups is 4. The number of rotatable bonds is 6. The Labute approximate surface area is 230 Å². The van der Waals surface area contributed by atoms with E-state index in [9.17, 15) is 39.9 Å². The maximum absolute atomic E-state index is 16.0. The fourth-order valence-corrected chi connectivity index (χ4v) is 7.27. The summed E-state index contributed by atoms with van der Waals surface area (Å²) in [6.45, 7) is 0.885. The van der Waals surface area contributed by atoms with Gasteiger partial charge in [0, 0.05) is 41.8 Å². The fourth-order valence-electron chi connectivity index (χ4n) is 7.27. The van der Waals surface area contributed by atoms with Crippen molar-refractivity contribution in [2.75, 3.05) is 27.2 Å². The van der Waals surface area contributed by atoms with E-state index in [1.807, 2.05) is 4.90 Å². The first-order chi connectivity index (χ1) is 18.8. The van der Waals surface area contributed by atoms with E-state index < -0.39 is 69.6 Å². The normalized spacial score (nSPS) is 30.6. The number of benzene rings is 1. The molecule has 0 aromatic heterocycles. The maximum Gasteiger partial charge on any atom is 0.255 e. The minimum atomic E-state index is -2.74. The number of Topliss-reactive ketones (excluding diaryl/α,β-unsaturated/α-hetero) is 2. The van der Waals surface area contributed by atoms with Crippen molar-refractivity contribution in [2.45, 2.75) is 56.3 Å². The topological polar surface area (TPSA) is 185 Å². The zero-order valence-corrected chi connectivity index (χ0v) is 22.4.